The van der Waals surface area contributed by atoms with Gasteiger partial charge in [-0.25, -0.2) is 4.98 Å². The van der Waals surface area contributed by atoms with E-state index in [1.807, 2.05) is 48.7 Å². The number of thiazole rings is 1. The van der Waals surface area contributed by atoms with Crippen LogP contribution >= 0.6 is 22.9 Å². The topological polar surface area (TPSA) is 41.6 Å². The summed E-state index contributed by atoms with van der Waals surface area (Å²) in [4.78, 5) is 13.4. The van der Waals surface area contributed by atoms with E-state index in [0.717, 1.165) is 33.4 Å². The predicted octanol–water partition coefficient (Wildman–Crippen LogP) is 5.44. The zero-order valence-electron chi connectivity index (χ0n) is 12.7. The molecule has 0 aliphatic rings. The summed E-state index contributed by atoms with van der Waals surface area (Å²) in [7, 11) is 0. The molecule has 3 heterocycles. The second-order valence-electron chi connectivity index (χ2n) is 5.42. The molecule has 1 aromatic carbocycles. The number of nitrogens with one attached hydrogen (secondary N) is 1. The highest BCUT2D eigenvalue weighted by Gasteiger charge is 2.15. The van der Waals surface area contributed by atoms with Crippen LogP contribution < -0.4 is 0 Å². The van der Waals surface area contributed by atoms with E-state index in [1.165, 1.54) is 10.4 Å². The van der Waals surface area contributed by atoms with Gasteiger partial charge in [0.15, 0.2) is 0 Å². The fraction of sp³-hybridized carbons (Fsp3) is 0.0526. The summed E-state index contributed by atoms with van der Waals surface area (Å²) in [6.45, 7) is 0. The van der Waals surface area contributed by atoms with E-state index < -0.39 is 0 Å². The number of nitrogens with zero attached hydrogens (tertiary/aromatic N) is 2. The maximum atomic E-state index is 5.99. The first-order valence-corrected chi connectivity index (χ1v) is 8.77. The summed E-state index contributed by atoms with van der Waals surface area (Å²) < 4.78 is 0. The first-order valence-electron chi connectivity index (χ1n) is 7.58. The van der Waals surface area contributed by atoms with E-state index in [-0.39, 0.29) is 0 Å². The monoisotopic (exact) mass is 351 g/mol. The van der Waals surface area contributed by atoms with Crippen molar-refractivity contribution in [3.8, 4) is 21.1 Å². The normalized spacial score (nSPS) is 10.9. The number of aromatic nitrogens is 3. The number of hydrogen-bond donors (Lipinski definition) is 1. The standard InChI is InChI=1S/C19H14ClN3S/c20-15-5-3-13(4-6-15)12-17-18(16-2-1-9-22-16)24-19(23-17)14-7-10-21-11-8-14/h1-11,22H,12H2. The SMILES string of the molecule is Clc1ccc(Cc2nc(-c3ccncc3)sc2-c2ccc[nH]2)cc1. The number of aromatic amines is 1. The van der Waals surface area contributed by atoms with Gasteiger partial charge in [-0.3, -0.25) is 4.98 Å². The molecule has 0 aliphatic heterocycles. The summed E-state index contributed by atoms with van der Waals surface area (Å²) in [5, 5.41) is 1.75. The average Bonchev–Trinajstić information content (AvgIpc) is 3.27. The van der Waals surface area contributed by atoms with E-state index in [4.69, 9.17) is 16.6 Å². The summed E-state index contributed by atoms with van der Waals surface area (Å²) in [5.41, 5.74) is 4.44. The lowest BCUT2D eigenvalue weighted by molar-refractivity contribution is 1.11. The van der Waals surface area contributed by atoms with Crippen molar-refractivity contribution in [2.75, 3.05) is 0 Å². The van der Waals surface area contributed by atoms with Crippen LogP contribution in [-0.4, -0.2) is 15.0 Å². The predicted molar refractivity (Wildman–Crippen MR) is 99.4 cm³/mol. The van der Waals surface area contributed by atoms with E-state index in [9.17, 15) is 0 Å². The first-order chi connectivity index (χ1) is 11.8. The molecular weight excluding hydrogens is 338 g/mol. The van der Waals surface area contributed by atoms with Crippen LogP contribution in [0.2, 0.25) is 5.02 Å². The maximum Gasteiger partial charge on any atom is 0.124 e. The molecule has 3 nitrogen and oxygen atoms in total. The molecule has 0 saturated heterocycles. The number of hydrogen-bond acceptors (Lipinski definition) is 3. The van der Waals surface area contributed by atoms with Gasteiger partial charge in [0.1, 0.15) is 5.01 Å². The largest absolute Gasteiger partial charge is 0.360 e. The molecule has 4 aromatic rings. The Balaban J connectivity index is 1.76. The zero-order chi connectivity index (χ0) is 16.4. The van der Waals surface area contributed by atoms with Gasteiger partial charge in [-0.1, -0.05) is 23.7 Å². The molecule has 0 amide bonds. The molecule has 0 radical (unpaired) electrons. The molecular formula is C19H14ClN3S. The molecule has 4 rings (SSSR count). The molecule has 24 heavy (non-hydrogen) atoms. The van der Waals surface area contributed by atoms with Crippen LogP contribution in [0.25, 0.3) is 21.1 Å². The number of pyridine rings is 1. The van der Waals surface area contributed by atoms with Gasteiger partial charge in [-0.05, 0) is 42.0 Å². The Labute approximate surface area is 149 Å². The summed E-state index contributed by atoms with van der Waals surface area (Å²) >= 11 is 7.68. The van der Waals surface area contributed by atoms with Crippen LogP contribution in [0.1, 0.15) is 11.3 Å². The van der Waals surface area contributed by atoms with E-state index in [0.29, 0.717) is 0 Å². The van der Waals surface area contributed by atoms with Crippen molar-refractivity contribution >= 4 is 22.9 Å². The highest BCUT2D eigenvalue weighted by Crippen LogP contribution is 2.35. The van der Waals surface area contributed by atoms with Gasteiger partial charge in [0.2, 0.25) is 0 Å². The molecule has 0 aliphatic carbocycles. The summed E-state index contributed by atoms with van der Waals surface area (Å²) in [6.07, 6.45) is 6.30. The zero-order valence-corrected chi connectivity index (χ0v) is 14.3. The lowest BCUT2D eigenvalue weighted by Crippen LogP contribution is -1.91. The van der Waals surface area contributed by atoms with Crippen molar-refractivity contribution in [1.82, 2.24) is 15.0 Å². The van der Waals surface area contributed by atoms with Crippen LogP contribution in [0.4, 0.5) is 0 Å². The number of halogens is 1. The Morgan fingerprint density at radius 2 is 1.79 bits per heavy atom. The highest BCUT2D eigenvalue weighted by atomic mass is 35.5. The summed E-state index contributed by atoms with van der Waals surface area (Å²) in [5.74, 6) is 0. The van der Waals surface area contributed by atoms with Gasteiger partial charge in [0, 0.05) is 35.6 Å². The molecule has 3 aromatic heterocycles. The van der Waals surface area contributed by atoms with Crippen molar-refractivity contribution in [3.05, 3.63) is 83.4 Å². The molecule has 118 valence electrons. The Hall–Kier alpha value is -2.43. The van der Waals surface area contributed by atoms with Gasteiger partial charge in [-0.2, -0.15) is 0 Å². The van der Waals surface area contributed by atoms with Crippen LogP contribution in [-0.2, 0) is 6.42 Å². The highest BCUT2D eigenvalue weighted by molar-refractivity contribution is 7.18. The lowest BCUT2D eigenvalue weighted by atomic mass is 10.1. The van der Waals surface area contributed by atoms with Crippen molar-refractivity contribution in [3.63, 3.8) is 0 Å². The van der Waals surface area contributed by atoms with Gasteiger partial charge in [0.25, 0.3) is 0 Å². The van der Waals surface area contributed by atoms with Crippen molar-refractivity contribution in [2.45, 2.75) is 6.42 Å². The molecule has 0 bridgehead atoms. The van der Waals surface area contributed by atoms with E-state index in [2.05, 4.69) is 16.0 Å². The van der Waals surface area contributed by atoms with Crippen molar-refractivity contribution < 1.29 is 0 Å². The third-order valence-electron chi connectivity index (χ3n) is 3.75. The molecule has 5 heteroatoms. The van der Waals surface area contributed by atoms with Crippen LogP contribution in [0.15, 0.2) is 67.1 Å². The second kappa shape index (κ2) is 6.59. The minimum atomic E-state index is 0.749. The third-order valence-corrected chi connectivity index (χ3v) is 5.18. The Kier molecular flexibility index (Phi) is 4.15. The molecule has 0 spiro atoms. The second-order valence-corrected chi connectivity index (χ2v) is 6.85. The fourth-order valence-electron chi connectivity index (χ4n) is 2.57. The minimum absolute atomic E-state index is 0.749. The maximum absolute atomic E-state index is 5.99. The lowest BCUT2D eigenvalue weighted by Gasteiger charge is -2.02. The quantitative estimate of drug-likeness (QED) is 0.531. The third kappa shape index (κ3) is 3.11. The average molecular weight is 352 g/mol. The van der Waals surface area contributed by atoms with Crippen molar-refractivity contribution in [2.24, 2.45) is 0 Å². The van der Waals surface area contributed by atoms with Gasteiger partial charge in [0.05, 0.1) is 16.3 Å². The molecule has 0 unspecified atom stereocenters. The van der Waals surface area contributed by atoms with E-state index >= 15 is 0 Å². The molecule has 0 saturated carbocycles. The smallest absolute Gasteiger partial charge is 0.124 e. The summed E-state index contributed by atoms with van der Waals surface area (Å²) in [6, 6.07) is 16.0. The van der Waals surface area contributed by atoms with Gasteiger partial charge in [-0.15, -0.1) is 11.3 Å². The molecule has 0 fully saturated rings. The molecule has 1 N–H and O–H groups in total. The number of benzene rings is 1. The van der Waals surface area contributed by atoms with Crippen LogP contribution in [0.3, 0.4) is 0 Å². The van der Waals surface area contributed by atoms with Gasteiger partial charge >= 0.3 is 0 Å². The Morgan fingerprint density at radius 3 is 2.50 bits per heavy atom. The fourth-order valence-corrected chi connectivity index (χ4v) is 3.77. The Morgan fingerprint density at radius 1 is 1.00 bits per heavy atom. The first kappa shape index (κ1) is 15.1. The minimum Gasteiger partial charge on any atom is -0.360 e. The van der Waals surface area contributed by atoms with Crippen LogP contribution in [0.5, 0.6) is 0 Å². The molecule has 0 atom stereocenters. The van der Waals surface area contributed by atoms with Crippen LogP contribution in [0, 0.1) is 0 Å². The number of rotatable bonds is 4. The van der Waals surface area contributed by atoms with Crippen molar-refractivity contribution in [1.29, 1.82) is 0 Å². The van der Waals surface area contributed by atoms with Gasteiger partial charge < -0.3 is 4.98 Å². The van der Waals surface area contributed by atoms with E-state index in [1.54, 1.807) is 23.7 Å². The Bertz CT molecular complexity index is 929. The number of H-pyrrole nitrogens is 1.